The van der Waals surface area contributed by atoms with Crippen LogP contribution in [0.1, 0.15) is 44.6 Å². The molecular formula is C16H25NO3S. The van der Waals surface area contributed by atoms with Gasteiger partial charge in [0.15, 0.2) is 0 Å². The van der Waals surface area contributed by atoms with Crippen molar-refractivity contribution in [1.82, 2.24) is 4.72 Å². The summed E-state index contributed by atoms with van der Waals surface area (Å²) in [6.07, 6.45) is 5.46. The molecule has 0 aliphatic heterocycles. The van der Waals surface area contributed by atoms with Crippen molar-refractivity contribution in [2.75, 3.05) is 12.3 Å². The molecule has 4 nitrogen and oxygen atoms in total. The minimum absolute atomic E-state index is 0.00602. The molecule has 2 rings (SSSR count). The molecule has 1 atom stereocenters. The van der Waals surface area contributed by atoms with Crippen LogP contribution < -0.4 is 4.72 Å². The minimum Gasteiger partial charge on any atom is -0.384 e. The summed E-state index contributed by atoms with van der Waals surface area (Å²) in [7, 11) is -3.33. The summed E-state index contributed by atoms with van der Waals surface area (Å²) in [5.41, 5.74) is -0.480. The van der Waals surface area contributed by atoms with E-state index in [0.717, 1.165) is 25.7 Å². The van der Waals surface area contributed by atoms with Crippen molar-refractivity contribution in [2.24, 2.45) is 5.92 Å². The van der Waals surface area contributed by atoms with Gasteiger partial charge in [0.1, 0.15) is 5.60 Å². The molecule has 0 heterocycles. The highest BCUT2D eigenvalue weighted by Crippen LogP contribution is 2.25. The molecule has 1 unspecified atom stereocenters. The number of nitrogens with one attached hydrogen (secondary N) is 1. The third-order valence-electron chi connectivity index (χ3n) is 4.21. The van der Waals surface area contributed by atoms with E-state index in [1.165, 1.54) is 6.42 Å². The van der Waals surface area contributed by atoms with Crippen molar-refractivity contribution in [3.8, 4) is 0 Å². The lowest BCUT2D eigenvalue weighted by Gasteiger charge is -2.26. The average Bonchev–Trinajstić information content (AvgIpc) is 2.47. The standard InChI is InChI=1S/C16H25NO3S/c1-16(18,15-10-6-3-7-11-15)13-17-21(19,20)12-14-8-4-2-5-9-14/h3,6-7,10-11,14,17-18H,2,4-5,8-9,12-13H2,1H3. The quantitative estimate of drug-likeness (QED) is 0.848. The van der Waals surface area contributed by atoms with Crippen LogP contribution in [0.4, 0.5) is 0 Å². The monoisotopic (exact) mass is 311 g/mol. The molecule has 21 heavy (non-hydrogen) atoms. The first-order valence-electron chi connectivity index (χ1n) is 7.64. The van der Waals surface area contributed by atoms with Crippen molar-refractivity contribution in [2.45, 2.75) is 44.6 Å². The molecule has 0 radical (unpaired) electrons. The maximum Gasteiger partial charge on any atom is 0.211 e. The molecule has 0 spiro atoms. The molecule has 118 valence electrons. The Hall–Kier alpha value is -0.910. The summed E-state index contributed by atoms with van der Waals surface area (Å²) in [6, 6.07) is 9.14. The number of hydrogen-bond acceptors (Lipinski definition) is 3. The summed E-state index contributed by atoms with van der Waals surface area (Å²) >= 11 is 0. The van der Waals surface area contributed by atoms with Crippen LogP contribution in [-0.2, 0) is 15.6 Å². The maximum absolute atomic E-state index is 12.2. The number of sulfonamides is 1. The second-order valence-electron chi connectivity index (χ2n) is 6.25. The molecule has 1 aliphatic carbocycles. The van der Waals surface area contributed by atoms with E-state index in [1.54, 1.807) is 19.1 Å². The highest BCUT2D eigenvalue weighted by atomic mass is 32.2. The van der Waals surface area contributed by atoms with E-state index in [1.807, 2.05) is 18.2 Å². The van der Waals surface area contributed by atoms with E-state index in [9.17, 15) is 13.5 Å². The predicted molar refractivity (Wildman–Crippen MR) is 84.4 cm³/mol. The molecule has 0 aromatic heterocycles. The third kappa shape index (κ3) is 5.09. The molecule has 1 fully saturated rings. The van der Waals surface area contributed by atoms with Gasteiger partial charge in [0, 0.05) is 6.54 Å². The zero-order valence-electron chi connectivity index (χ0n) is 12.6. The summed E-state index contributed by atoms with van der Waals surface area (Å²) in [6.45, 7) is 1.64. The topological polar surface area (TPSA) is 66.4 Å². The van der Waals surface area contributed by atoms with Crippen LogP contribution in [0.25, 0.3) is 0 Å². The highest BCUT2D eigenvalue weighted by Gasteiger charge is 2.27. The average molecular weight is 311 g/mol. The molecule has 1 saturated carbocycles. The summed E-state index contributed by atoms with van der Waals surface area (Å²) in [5, 5.41) is 10.4. The fraction of sp³-hybridized carbons (Fsp3) is 0.625. The first kappa shape index (κ1) is 16.5. The van der Waals surface area contributed by atoms with Crippen molar-refractivity contribution in [3.63, 3.8) is 0 Å². The fourth-order valence-corrected chi connectivity index (χ4v) is 4.45. The van der Waals surface area contributed by atoms with Gasteiger partial charge in [-0.25, -0.2) is 13.1 Å². The number of benzene rings is 1. The summed E-state index contributed by atoms with van der Waals surface area (Å²) in [4.78, 5) is 0. The lowest BCUT2D eigenvalue weighted by atomic mass is 9.91. The normalized spacial score (nSPS) is 20.1. The van der Waals surface area contributed by atoms with Gasteiger partial charge < -0.3 is 5.11 Å². The van der Waals surface area contributed by atoms with Gasteiger partial charge in [-0.1, -0.05) is 49.6 Å². The zero-order chi connectivity index (χ0) is 15.3. The predicted octanol–water partition coefficient (Wildman–Crippen LogP) is 2.39. The zero-order valence-corrected chi connectivity index (χ0v) is 13.4. The van der Waals surface area contributed by atoms with Gasteiger partial charge >= 0.3 is 0 Å². The second kappa shape index (κ2) is 6.90. The molecule has 1 aromatic carbocycles. The molecule has 1 aromatic rings. The van der Waals surface area contributed by atoms with Crippen molar-refractivity contribution < 1.29 is 13.5 Å². The minimum atomic E-state index is -3.33. The fourth-order valence-electron chi connectivity index (χ4n) is 2.87. The Morgan fingerprint density at radius 2 is 1.81 bits per heavy atom. The van der Waals surface area contributed by atoms with Crippen LogP contribution in [0, 0.1) is 5.92 Å². The Labute approximate surface area is 127 Å². The Bertz CT molecular complexity index is 534. The third-order valence-corrected chi connectivity index (χ3v) is 5.71. The number of rotatable bonds is 6. The van der Waals surface area contributed by atoms with Gasteiger partial charge in [-0.15, -0.1) is 0 Å². The molecule has 0 amide bonds. The van der Waals surface area contributed by atoms with Gasteiger partial charge in [0.05, 0.1) is 5.75 Å². The smallest absolute Gasteiger partial charge is 0.211 e. The van der Waals surface area contributed by atoms with Gasteiger partial charge in [-0.05, 0) is 31.2 Å². The lowest BCUT2D eigenvalue weighted by Crippen LogP contribution is -2.40. The molecule has 5 heteroatoms. The molecule has 0 saturated heterocycles. The maximum atomic E-state index is 12.2. The second-order valence-corrected chi connectivity index (χ2v) is 8.10. The number of hydrogen-bond donors (Lipinski definition) is 2. The van der Waals surface area contributed by atoms with Crippen LogP contribution in [-0.4, -0.2) is 25.8 Å². The highest BCUT2D eigenvalue weighted by molar-refractivity contribution is 7.89. The Balaban J connectivity index is 1.91. The van der Waals surface area contributed by atoms with Gasteiger partial charge in [0.2, 0.25) is 10.0 Å². The first-order chi connectivity index (χ1) is 9.89. The van der Waals surface area contributed by atoms with Crippen LogP contribution in [0.15, 0.2) is 30.3 Å². The van der Waals surface area contributed by atoms with E-state index in [0.29, 0.717) is 5.56 Å². The van der Waals surface area contributed by atoms with Crippen molar-refractivity contribution >= 4 is 10.0 Å². The van der Waals surface area contributed by atoms with Crippen molar-refractivity contribution in [3.05, 3.63) is 35.9 Å². The van der Waals surface area contributed by atoms with Crippen LogP contribution in [0.3, 0.4) is 0 Å². The van der Waals surface area contributed by atoms with E-state index >= 15 is 0 Å². The lowest BCUT2D eigenvalue weighted by molar-refractivity contribution is 0.0627. The van der Waals surface area contributed by atoms with Gasteiger partial charge in [-0.2, -0.15) is 0 Å². The first-order valence-corrected chi connectivity index (χ1v) is 9.29. The van der Waals surface area contributed by atoms with Crippen LogP contribution in [0.5, 0.6) is 0 Å². The van der Waals surface area contributed by atoms with Crippen molar-refractivity contribution in [1.29, 1.82) is 0 Å². The van der Waals surface area contributed by atoms with E-state index in [-0.39, 0.29) is 18.2 Å². The summed E-state index contributed by atoms with van der Waals surface area (Å²) < 4.78 is 26.9. The van der Waals surface area contributed by atoms with Gasteiger partial charge in [0.25, 0.3) is 0 Å². The molecule has 1 aliphatic rings. The van der Waals surface area contributed by atoms with E-state index < -0.39 is 15.6 Å². The van der Waals surface area contributed by atoms with Crippen LogP contribution in [0.2, 0.25) is 0 Å². The van der Waals surface area contributed by atoms with E-state index in [2.05, 4.69) is 4.72 Å². The molecule has 0 bridgehead atoms. The largest absolute Gasteiger partial charge is 0.384 e. The SMILES string of the molecule is CC(O)(CNS(=O)(=O)CC1CCCCC1)c1ccccc1. The Morgan fingerprint density at radius 3 is 2.43 bits per heavy atom. The Kier molecular flexibility index (Phi) is 5.41. The van der Waals surface area contributed by atoms with Crippen LogP contribution >= 0.6 is 0 Å². The Morgan fingerprint density at radius 1 is 1.19 bits per heavy atom. The summed E-state index contributed by atoms with van der Waals surface area (Å²) in [5.74, 6) is 0.440. The number of aliphatic hydroxyl groups is 1. The molecule has 2 N–H and O–H groups in total. The molecular weight excluding hydrogens is 286 g/mol. The van der Waals surface area contributed by atoms with E-state index in [4.69, 9.17) is 0 Å². The van der Waals surface area contributed by atoms with Gasteiger partial charge in [-0.3, -0.25) is 0 Å².